The molecule has 2 heterocycles. The number of hydrogen-bond donors (Lipinski definition) is 2. The summed E-state index contributed by atoms with van der Waals surface area (Å²) in [5.41, 5.74) is 2.93. The topological polar surface area (TPSA) is 95.0 Å². The summed E-state index contributed by atoms with van der Waals surface area (Å²) in [4.78, 5) is 34.6. The molecule has 0 bridgehead atoms. The van der Waals surface area contributed by atoms with E-state index >= 15 is 0 Å². The van der Waals surface area contributed by atoms with Crippen molar-refractivity contribution in [3.05, 3.63) is 66.9 Å². The molecular formula is C27H30N4O4. The molecule has 8 heteroatoms. The van der Waals surface area contributed by atoms with Gasteiger partial charge in [0.1, 0.15) is 6.10 Å². The highest BCUT2D eigenvalue weighted by Crippen LogP contribution is 2.35. The van der Waals surface area contributed by atoms with E-state index in [1.165, 1.54) is 0 Å². The molecule has 1 aliphatic carbocycles. The number of fused-ring (bicyclic) bond motifs is 1. The summed E-state index contributed by atoms with van der Waals surface area (Å²) in [6.07, 6.45) is 2.94. The Morgan fingerprint density at radius 3 is 2.43 bits per heavy atom. The van der Waals surface area contributed by atoms with E-state index in [0.29, 0.717) is 38.2 Å². The number of hydrogen-bond acceptors (Lipinski definition) is 6. The quantitative estimate of drug-likeness (QED) is 0.436. The van der Waals surface area contributed by atoms with Crippen LogP contribution in [0.4, 0.5) is 5.69 Å². The van der Waals surface area contributed by atoms with Crippen LogP contribution in [0.1, 0.15) is 19.3 Å². The van der Waals surface area contributed by atoms with Crippen LogP contribution in [0.25, 0.3) is 10.8 Å². The van der Waals surface area contributed by atoms with Crippen molar-refractivity contribution in [1.82, 2.24) is 15.4 Å². The molecule has 35 heavy (non-hydrogen) atoms. The number of amides is 2. The van der Waals surface area contributed by atoms with Gasteiger partial charge in [-0.3, -0.25) is 14.8 Å². The SMILES string of the molecule is O=C(NO)C1CC(Oc2nccc3ccccc23)CCC1C(=O)N1CCN(c2ccccc2)CC1. The Balaban J connectivity index is 1.25. The van der Waals surface area contributed by atoms with Crippen LogP contribution in [0.3, 0.4) is 0 Å². The number of piperazine rings is 1. The molecule has 8 nitrogen and oxygen atoms in total. The van der Waals surface area contributed by atoms with Gasteiger partial charge >= 0.3 is 0 Å². The van der Waals surface area contributed by atoms with E-state index in [0.717, 1.165) is 29.5 Å². The Morgan fingerprint density at radius 1 is 0.914 bits per heavy atom. The van der Waals surface area contributed by atoms with Crippen LogP contribution >= 0.6 is 0 Å². The lowest BCUT2D eigenvalue weighted by atomic mass is 9.76. The van der Waals surface area contributed by atoms with Crippen molar-refractivity contribution in [3.63, 3.8) is 0 Å². The molecule has 2 amide bonds. The summed E-state index contributed by atoms with van der Waals surface area (Å²) in [7, 11) is 0. The maximum atomic E-state index is 13.5. The molecule has 0 radical (unpaired) electrons. The molecule has 5 rings (SSSR count). The average Bonchev–Trinajstić information content (AvgIpc) is 2.93. The number of rotatable bonds is 5. The fourth-order valence-electron chi connectivity index (χ4n) is 5.31. The van der Waals surface area contributed by atoms with Crippen molar-refractivity contribution >= 4 is 28.3 Å². The van der Waals surface area contributed by atoms with Gasteiger partial charge in [0.25, 0.3) is 0 Å². The third-order valence-electron chi connectivity index (χ3n) is 7.19. The van der Waals surface area contributed by atoms with Crippen molar-refractivity contribution in [2.45, 2.75) is 25.4 Å². The van der Waals surface area contributed by atoms with Gasteiger partial charge in [-0.25, -0.2) is 10.5 Å². The number of aromatic nitrogens is 1. The van der Waals surface area contributed by atoms with Gasteiger partial charge in [-0.2, -0.15) is 0 Å². The van der Waals surface area contributed by atoms with Crippen LogP contribution in [0.5, 0.6) is 5.88 Å². The van der Waals surface area contributed by atoms with Gasteiger partial charge in [0, 0.05) is 43.4 Å². The predicted octanol–water partition coefficient (Wildman–Crippen LogP) is 3.25. The van der Waals surface area contributed by atoms with E-state index in [9.17, 15) is 14.8 Å². The fourth-order valence-corrected chi connectivity index (χ4v) is 5.31. The van der Waals surface area contributed by atoms with Crippen molar-refractivity contribution in [3.8, 4) is 5.88 Å². The number of nitrogens with one attached hydrogen (secondary N) is 1. The minimum Gasteiger partial charge on any atom is -0.474 e. The fraction of sp³-hybridized carbons (Fsp3) is 0.370. The summed E-state index contributed by atoms with van der Waals surface area (Å²) in [6, 6.07) is 20.0. The van der Waals surface area contributed by atoms with Crippen LogP contribution in [0, 0.1) is 11.8 Å². The molecule has 0 spiro atoms. The molecule has 1 saturated heterocycles. The van der Waals surface area contributed by atoms with Crippen molar-refractivity contribution < 1.29 is 19.5 Å². The Bertz CT molecular complexity index is 1170. The van der Waals surface area contributed by atoms with Crippen LogP contribution in [0.15, 0.2) is 66.9 Å². The lowest BCUT2D eigenvalue weighted by Gasteiger charge is -2.40. The first-order chi connectivity index (χ1) is 17.1. The Hall–Kier alpha value is -3.65. The maximum absolute atomic E-state index is 13.5. The summed E-state index contributed by atoms with van der Waals surface area (Å²) in [5, 5.41) is 11.3. The smallest absolute Gasteiger partial charge is 0.247 e. The van der Waals surface area contributed by atoms with Gasteiger partial charge in [-0.05, 0) is 48.9 Å². The zero-order chi connectivity index (χ0) is 24.2. The van der Waals surface area contributed by atoms with E-state index in [1.54, 1.807) is 11.7 Å². The monoisotopic (exact) mass is 474 g/mol. The molecule has 2 N–H and O–H groups in total. The van der Waals surface area contributed by atoms with Crippen LogP contribution in [0.2, 0.25) is 0 Å². The molecule has 2 aromatic carbocycles. The minimum absolute atomic E-state index is 0.0203. The van der Waals surface area contributed by atoms with Crippen LogP contribution in [-0.4, -0.2) is 59.2 Å². The summed E-state index contributed by atoms with van der Waals surface area (Å²) < 4.78 is 6.23. The van der Waals surface area contributed by atoms with Gasteiger partial charge in [-0.15, -0.1) is 0 Å². The standard InChI is InChI=1S/C27H30N4O4/c32-25(29-34)24-18-21(35-26-22-9-5-4-6-19(22)12-13-28-26)10-11-23(24)27(33)31-16-14-30(15-17-31)20-7-2-1-3-8-20/h1-9,12-13,21,23-24,34H,10-11,14-18H2,(H,29,32). The normalized spacial score (nSPS) is 22.6. The zero-order valence-electron chi connectivity index (χ0n) is 19.5. The third kappa shape index (κ3) is 4.93. The third-order valence-corrected chi connectivity index (χ3v) is 7.19. The zero-order valence-corrected chi connectivity index (χ0v) is 19.5. The van der Waals surface area contributed by atoms with Gasteiger partial charge in [-0.1, -0.05) is 36.4 Å². The number of anilines is 1. The lowest BCUT2D eigenvalue weighted by Crippen LogP contribution is -2.53. The molecule has 3 aromatic rings. The molecule has 3 atom stereocenters. The molecule has 1 saturated carbocycles. The highest BCUT2D eigenvalue weighted by atomic mass is 16.5. The summed E-state index contributed by atoms with van der Waals surface area (Å²) in [6.45, 7) is 2.71. The molecular weight excluding hydrogens is 444 g/mol. The van der Waals surface area contributed by atoms with E-state index < -0.39 is 17.7 Å². The van der Waals surface area contributed by atoms with Gasteiger partial charge in [0.05, 0.1) is 11.8 Å². The Morgan fingerprint density at radius 2 is 1.66 bits per heavy atom. The molecule has 182 valence electrons. The first kappa shape index (κ1) is 23.1. The number of pyridine rings is 1. The van der Waals surface area contributed by atoms with Crippen LogP contribution in [-0.2, 0) is 9.59 Å². The Kier molecular flexibility index (Phi) is 6.81. The highest BCUT2D eigenvalue weighted by Gasteiger charge is 2.42. The number of carbonyl (C=O) groups is 2. The number of ether oxygens (including phenoxy) is 1. The second kappa shape index (κ2) is 10.3. The second-order valence-electron chi connectivity index (χ2n) is 9.23. The van der Waals surface area contributed by atoms with E-state index in [-0.39, 0.29) is 12.0 Å². The first-order valence-electron chi connectivity index (χ1n) is 12.2. The summed E-state index contributed by atoms with van der Waals surface area (Å²) >= 11 is 0. The number of carbonyl (C=O) groups excluding carboxylic acids is 2. The summed E-state index contributed by atoms with van der Waals surface area (Å²) in [5.74, 6) is -1.17. The number of nitrogens with zero attached hydrogens (tertiary/aromatic N) is 3. The highest BCUT2D eigenvalue weighted by molar-refractivity contribution is 5.88. The van der Waals surface area contributed by atoms with E-state index in [4.69, 9.17) is 4.74 Å². The molecule has 1 aliphatic heterocycles. The molecule has 3 unspecified atom stereocenters. The van der Waals surface area contributed by atoms with E-state index in [1.807, 2.05) is 53.4 Å². The first-order valence-corrected chi connectivity index (χ1v) is 12.2. The van der Waals surface area contributed by atoms with Crippen molar-refractivity contribution in [2.75, 3.05) is 31.1 Å². The maximum Gasteiger partial charge on any atom is 0.247 e. The van der Waals surface area contributed by atoms with Gasteiger partial charge in [0.2, 0.25) is 17.7 Å². The molecule has 1 aromatic heterocycles. The average molecular weight is 475 g/mol. The van der Waals surface area contributed by atoms with Crippen molar-refractivity contribution in [2.24, 2.45) is 11.8 Å². The predicted molar refractivity (Wildman–Crippen MR) is 132 cm³/mol. The largest absolute Gasteiger partial charge is 0.474 e. The van der Waals surface area contributed by atoms with Crippen molar-refractivity contribution in [1.29, 1.82) is 0 Å². The van der Waals surface area contributed by atoms with Gasteiger partial charge < -0.3 is 14.5 Å². The number of benzene rings is 2. The number of para-hydroxylation sites is 1. The minimum atomic E-state index is -0.659. The van der Waals surface area contributed by atoms with Crippen LogP contribution < -0.4 is 15.1 Å². The lowest BCUT2D eigenvalue weighted by molar-refractivity contribution is -0.148. The van der Waals surface area contributed by atoms with Gasteiger partial charge in [0.15, 0.2) is 0 Å². The number of hydroxylamine groups is 1. The Labute approximate surface area is 204 Å². The molecule has 2 fully saturated rings. The molecule has 2 aliphatic rings. The van der Waals surface area contributed by atoms with E-state index in [2.05, 4.69) is 22.0 Å². The second-order valence-corrected chi connectivity index (χ2v) is 9.23.